The van der Waals surface area contributed by atoms with Gasteiger partial charge < -0.3 is 0 Å². The van der Waals surface area contributed by atoms with E-state index in [2.05, 4.69) is 0 Å². The summed E-state index contributed by atoms with van der Waals surface area (Å²) in [5.74, 6) is -0.787. The number of amides is 1. The molecule has 0 heterocycles. The van der Waals surface area contributed by atoms with Crippen LogP contribution >= 0.6 is 0 Å². The van der Waals surface area contributed by atoms with E-state index in [1.54, 1.807) is 18.2 Å². The summed E-state index contributed by atoms with van der Waals surface area (Å²) < 4.78 is 67.7. The molecule has 9 heteroatoms. The fourth-order valence-corrected chi connectivity index (χ4v) is 4.71. The lowest BCUT2D eigenvalue weighted by Crippen LogP contribution is -2.47. The molecule has 5 nitrogen and oxygen atoms in total. The van der Waals surface area contributed by atoms with E-state index >= 15 is 0 Å². The molecule has 2 aromatic rings. The number of carbonyl (C=O) groups is 1. The zero-order valence-corrected chi connectivity index (χ0v) is 17.7. The van der Waals surface area contributed by atoms with Gasteiger partial charge in [-0.15, -0.1) is 0 Å². The van der Waals surface area contributed by atoms with Crippen molar-refractivity contribution in [2.24, 2.45) is 0 Å². The highest BCUT2D eigenvalue weighted by molar-refractivity contribution is 7.87. The molecular weight excluding hydrogens is 417 g/mol. The van der Waals surface area contributed by atoms with Crippen LogP contribution in [0.3, 0.4) is 0 Å². The van der Waals surface area contributed by atoms with Gasteiger partial charge in [-0.05, 0) is 42.7 Å². The summed E-state index contributed by atoms with van der Waals surface area (Å²) in [6.07, 6.45) is -3.49. The molecule has 0 unspecified atom stereocenters. The lowest BCUT2D eigenvalue weighted by atomic mass is 10.1. The van der Waals surface area contributed by atoms with Crippen LogP contribution in [-0.2, 0) is 22.9 Å². The average Bonchev–Trinajstić information content (AvgIpc) is 2.71. The van der Waals surface area contributed by atoms with E-state index < -0.39 is 34.4 Å². The Morgan fingerprint density at radius 1 is 0.933 bits per heavy atom. The van der Waals surface area contributed by atoms with Crippen LogP contribution in [-0.4, -0.2) is 36.0 Å². The van der Waals surface area contributed by atoms with Crippen molar-refractivity contribution in [1.82, 2.24) is 8.61 Å². The zero-order chi connectivity index (χ0) is 22.4. The number of halogens is 3. The first kappa shape index (κ1) is 23.9. The number of nitrogens with zero attached hydrogens (tertiary/aromatic N) is 2. The molecule has 2 rings (SSSR count). The van der Waals surface area contributed by atoms with Gasteiger partial charge in [-0.3, -0.25) is 4.79 Å². The molecule has 1 amide bonds. The topological polar surface area (TPSA) is 57.7 Å². The summed E-state index contributed by atoms with van der Waals surface area (Å²) in [5, 5.41) is 0. The van der Waals surface area contributed by atoms with E-state index in [1.165, 1.54) is 28.6 Å². The van der Waals surface area contributed by atoms with E-state index in [0.717, 1.165) is 12.1 Å². The van der Waals surface area contributed by atoms with Crippen molar-refractivity contribution in [2.45, 2.75) is 39.4 Å². The second kappa shape index (κ2) is 10.1. The van der Waals surface area contributed by atoms with Crippen LogP contribution in [0.2, 0.25) is 0 Å². The van der Waals surface area contributed by atoms with Gasteiger partial charge in [0.1, 0.15) is 0 Å². The van der Waals surface area contributed by atoms with Crippen LogP contribution in [0.4, 0.5) is 13.2 Å². The van der Waals surface area contributed by atoms with Crippen molar-refractivity contribution in [1.29, 1.82) is 0 Å². The van der Waals surface area contributed by atoms with Crippen LogP contribution in [0.1, 0.15) is 48.2 Å². The fourth-order valence-electron chi connectivity index (χ4n) is 2.98. The lowest BCUT2D eigenvalue weighted by Gasteiger charge is -2.30. The van der Waals surface area contributed by atoms with Crippen molar-refractivity contribution < 1.29 is 26.4 Å². The summed E-state index contributed by atoms with van der Waals surface area (Å²) in [6.45, 7) is 3.54. The first-order valence-corrected chi connectivity index (χ1v) is 11.0. The Balaban J connectivity index is 2.50. The summed E-state index contributed by atoms with van der Waals surface area (Å²) in [5.41, 5.74) is -0.685. The van der Waals surface area contributed by atoms with Crippen molar-refractivity contribution in [3.05, 3.63) is 71.3 Å². The first-order chi connectivity index (χ1) is 14.1. The van der Waals surface area contributed by atoms with Crippen molar-refractivity contribution in [3.63, 3.8) is 0 Å². The molecule has 2 aromatic carbocycles. The van der Waals surface area contributed by atoms with Crippen LogP contribution in [0.5, 0.6) is 0 Å². The SMILES string of the molecule is CCCN(CCC)S(=O)(=O)N(Cc1cccc(C(F)(F)F)c1)C(=O)c1ccccc1. The summed E-state index contributed by atoms with van der Waals surface area (Å²) in [6, 6.07) is 12.2. The second-order valence-electron chi connectivity index (χ2n) is 6.78. The minimum atomic E-state index is -4.57. The third-order valence-electron chi connectivity index (χ3n) is 4.38. The van der Waals surface area contributed by atoms with E-state index in [4.69, 9.17) is 0 Å². The van der Waals surface area contributed by atoms with Gasteiger partial charge in [0.15, 0.2) is 0 Å². The quantitative estimate of drug-likeness (QED) is 0.565. The molecule has 0 saturated carbocycles. The molecule has 0 saturated heterocycles. The maximum atomic E-state index is 13.3. The van der Waals surface area contributed by atoms with Crippen LogP contribution < -0.4 is 0 Å². The molecule has 0 aliphatic rings. The third kappa shape index (κ3) is 5.82. The highest BCUT2D eigenvalue weighted by Crippen LogP contribution is 2.30. The van der Waals surface area contributed by atoms with Crippen molar-refractivity contribution >= 4 is 16.1 Å². The molecule has 0 N–H and O–H groups in total. The van der Waals surface area contributed by atoms with Crippen LogP contribution in [0, 0.1) is 0 Å². The molecule has 30 heavy (non-hydrogen) atoms. The lowest BCUT2D eigenvalue weighted by molar-refractivity contribution is -0.137. The highest BCUT2D eigenvalue weighted by Gasteiger charge is 2.35. The number of carbonyl (C=O) groups excluding carboxylic acids is 1. The summed E-state index contributed by atoms with van der Waals surface area (Å²) >= 11 is 0. The Labute approximate surface area is 175 Å². The monoisotopic (exact) mass is 442 g/mol. The standard InChI is InChI=1S/C21H25F3N2O3S/c1-3-13-25(14-4-2)30(28,29)26(20(27)18-10-6-5-7-11-18)16-17-9-8-12-19(15-17)21(22,23)24/h5-12,15H,3-4,13-14,16H2,1-2H3. The second-order valence-corrected chi connectivity index (χ2v) is 8.64. The van der Waals surface area contributed by atoms with Gasteiger partial charge in [-0.2, -0.15) is 25.9 Å². The van der Waals surface area contributed by atoms with Gasteiger partial charge in [-0.1, -0.05) is 44.2 Å². The first-order valence-electron chi connectivity index (χ1n) is 9.64. The minimum Gasteiger partial charge on any atom is -0.268 e. The predicted octanol–water partition coefficient (Wildman–Crippen LogP) is 4.71. The maximum absolute atomic E-state index is 13.3. The van der Waals surface area contributed by atoms with Gasteiger partial charge in [0.05, 0.1) is 12.1 Å². The summed E-state index contributed by atoms with van der Waals surface area (Å²) in [7, 11) is -4.25. The Kier molecular flexibility index (Phi) is 8.03. The van der Waals surface area contributed by atoms with Gasteiger partial charge >= 0.3 is 16.4 Å². The largest absolute Gasteiger partial charge is 0.416 e. The maximum Gasteiger partial charge on any atom is 0.416 e. The summed E-state index contributed by atoms with van der Waals surface area (Å²) in [4.78, 5) is 13.1. The van der Waals surface area contributed by atoms with Crippen LogP contribution in [0.15, 0.2) is 54.6 Å². The zero-order valence-electron chi connectivity index (χ0n) is 16.9. The molecule has 0 atom stereocenters. The number of hydrogen-bond donors (Lipinski definition) is 0. The molecule has 0 spiro atoms. The third-order valence-corrected chi connectivity index (χ3v) is 6.25. The Bertz CT molecular complexity index is 941. The molecule has 0 radical (unpaired) electrons. The van der Waals surface area contributed by atoms with E-state index in [0.29, 0.717) is 17.1 Å². The van der Waals surface area contributed by atoms with Crippen molar-refractivity contribution in [3.8, 4) is 0 Å². The molecule has 0 fully saturated rings. The van der Waals surface area contributed by atoms with Gasteiger partial charge in [0.25, 0.3) is 5.91 Å². The number of benzene rings is 2. The predicted molar refractivity (Wildman–Crippen MR) is 109 cm³/mol. The number of alkyl halides is 3. The molecule has 0 aliphatic heterocycles. The minimum absolute atomic E-state index is 0.0747. The Hall–Kier alpha value is -2.39. The van der Waals surface area contributed by atoms with Gasteiger partial charge in [-0.25, -0.2) is 4.31 Å². The molecule has 0 bridgehead atoms. The van der Waals surface area contributed by atoms with E-state index in [-0.39, 0.29) is 24.2 Å². The molecular formula is C21H25F3N2O3S. The molecule has 0 aliphatic carbocycles. The smallest absolute Gasteiger partial charge is 0.268 e. The van der Waals surface area contributed by atoms with E-state index in [1.807, 2.05) is 13.8 Å². The molecule has 164 valence electrons. The Morgan fingerprint density at radius 2 is 1.53 bits per heavy atom. The number of hydrogen-bond acceptors (Lipinski definition) is 3. The van der Waals surface area contributed by atoms with E-state index in [9.17, 15) is 26.4 Å². The van der Waals surface area contributed by atoms with Gasteiger partial charge in [0.2, 0.25) is 0 Å². The van der Waals surface area contributed by atoms with Gasteiger partial charge in [0, 0.05) is 18.7 Å². The average molecular weight is 443 g/mol. The number of rotatable bonds is 9. The highest BCUT2D eigenvalue weighted by atomic mass is 32.2. The van der Waals surface area contributed by atoms with Crippen LogP contribution in [0.25, 0.3) is 0 Å². The van der Waals surface area contributed by atoms with Crippen molar-refractivity contribution in [2.75, 3.05) is 13.1 Å². The fraction of sp³-hybridized carbons (Fsp3) is 0.381. The Morgan fingerprint density at radius 3 is 2.07 bits per heavy atom. The normalized spacial score (nSPS) is 12.2. The molecule has 0 aromatic heterocycles.